The average Bonchev–Trinajstić information content (AvgIpc) is 2.89. The molecule has 1 aromatic heterocycles. The third-order valence-electron chi connectivity index (χ3n) is 3.96. The topological polar surface area (TPSA) is 60.3 Å². The lowest BCUT2D eigenvalue weighted by Crippen LogP contribution is -2.24. The van der Waals surface area contributed by atoms with Gasteiger partial charge in [0.25, 0.3) is 0 Å². The van der Waals surface area contributed by atoms with Gasteiger partial charge in [0.2, 0.25) is 10.0 Å². The third kappa shape index (κ3) is 3.60. The van der Waals surface area contributed by atoms with Crippen molar-refractivity contribution in [1.29, 1.82) is 0 Å². The zero-order valence-electron chi connectivity index (χ0n) is 13.7. The number of nitrogens with one attached hydrogen (secondary N) is 1. The molecular formula is C18H20N2O3S. The summed E-state index contributed by atoms with van der Waals surface area (Å²) in [4.78, 5) is 0. The Bertz CT molecular complexity index is 947. The van der Waals surface area contributed by atoms with Crippen LogP contribution in [0.1, 0.15) is 11.1 Å². The molecule has 126 valence electrons. The van der Waals surface area contributed by atoms with Gasteiger partial charge in [-0.1, -0.05) is 30.3 Å². The van der Waals surface area contributed by atoms with Gasteiger partial charge in [0.1, 0.15) is 5.75 Å². The summed E-state index contributed by atoms with van der Waals surface area (Å²) in [6.45, 7) is 0.250. The first-order valence-corrected chi connectivity index (χ1v) is 9.27. The lowest BCUT2D eigenvalue weighted by molar-refractivity contribution is 0.415. The van der Waals surface area contributed by atoms with Crippen LogP contribution in [0, 0.1) is 0 Å². The quantitative estimate of drug-likeness (QED) is 0.748. The SMILES string of the molecule is COc1ccc2c(c1)c(CNS(=O)(=O)Cc1ccccc1)cn2C. The van der Waals surface area contributed by atoms with Crippen molar-refractivity contribution in [3.63, 3.8) is 0 Å². The number of aryl methyl sites for hydroxylation is 1. The fourth-order valence-electron chi connectivity index (χ4n) is 2.75. The number of hydrogen-bond donors (Lipinski definition) is 1. The van der Waals surface area contributed by atoms with E-state index in [4.69, 9.17) is 4.74 Å². The summed E-state index contributed by atoms with van der Waals surface area (Å²) in [5.74, 6) is 0.726. The average molecular weight is 344 g/mol. The van der Waals surface area contributed by atoms with Crippen molar-refractivity contribution < 1.29 is 13.2 Å². The smallest absolute Gasteiger partial charge is 0.216 e. The Kier molecular flexibility index (Phi) is 4.59. The Hall–Kier alpha value is -2.31. The second-order valence-electron chi connectivity index (χ2n) is 5.71. The van der Waals surface area contributed by atoms with Crippen LogP contribution >= 0.6 is 0 Å². The zero-order valence-corrected chi connectivity index (χ0v) is 14.5. The molecule has 0 bridgehead atoms. The van der Waals surface area contributed by atoms with Crippen LogP contribution in [-0.2, 0) is 29.4 Å². The van der Waals surface area contributed by atoms with Crippen LogP contribution in [0.15, 0.2) is 54.7 Å². The van der Waals surface area contributed by atoms with Crippen LogP contribution in [-0.4, -0.2) is 20.1 Å². The van der Waals surface area contributed by atoms with Gasteiger partial charge in [0.15, 0.2) is 0 Å². The highest BCUT2D eigenvalue weighted by molar-refractivity contribution is 7.88. The van der Waals surface area contributed by atoms with Crippen molar-refractivity contribution in [1.82, 2.24) is 9.29 Å². The molecule has 0 fully saturated rings. The number of sulfonamides is 1. The lowest BCUT2D eigenvalue weighted by atomic mass is 10.1. The normalized spacial score (nSPS) is 11.8. The maximum atomic E-state index is 12.3. The van der Waals surface area contributed by atoms with Gasteiger partial charge in [0, 0.05) is 30.7 Å². The molecule has 24 heavy (non-hydrogen) atoms. The number of benzene rings is 2. The summed E-state index contributed by atoms with van der Waals surface area (Å²) in [6, 6.07) is 14.9. The number of methoxy groups -OCH3 is 1. The van der Waals surface area contributed by atoms with Crippen molar-refractivity contribution in [3.05, 3.63) is 65.9 Å². The predicted octanol–water partition coefficient (Wildman–Crippen LogP) is 2.81. The molecule has 1 N–H and O–H groups in total. The Balaban J connectivity index is 1.80. The van der Waals surface area contributed by atoms with Crippen molar-refractivity contribution >= 4 is 20.9 Å². The van der Waals surface area contributed by atoms with Crippen molar-refractivity contribution in [2.24, 2.45) is 7.05 Å². The highest BCUT2D eigenvalue weighted by Gasteiger charge is 2.14. The van der Waals surface area contributed by atoms with E-state index in [-0.39, 0.29) is 12.3 Å². The number of hydrogen-bond acceptors (Lipinski definition) is 3. The molecule has 0 aliphatic carbocycles. The van der Waals surface area contributed by atoms with E-state index < -0.39 is 10.0 Å². The first-order chi connectivity index (χ1) is 11.5. The van der Waals surface area contributed by atoms with Gasteiger partial charge in [-0.2, -0.15) is 0 Å². The minimum atomic E-state index is -3.40. The molecule has 2 aromatic carbocycles. The van der Waals surface area contributed by atoms with Gasteiger partial charge < -0.3 is 9.30 Å². The first kappa shape index (κ1) is 16.5. The Labute approximate surface area is 141 Å². The predicted molar refractivity (Wildman–Crippen MR) is 95.4 cm³/mol. The number of nitrogens with zero attached hydrogens (tertiary/aromatic N) is 1. The summed E-state index contributed by atoms with van der Waals surface area (Å²) in [5.41, 5.74) is 2.72. The van der Waals surface area contributed by atoms with Gasteiger partial charge in [-0.15, -0.1) is 0 Å². The Morgan fingerprint density at radius 2 is 1.88 bits per heavy atom. The molecule has 6 heteroatoms. The highest BCUT2D eigenvalue weighted by atomic mass is 32.2. The maximum Gasteiger partial charge on any atom is 0.216 e. The second-order valence-corrected chi connectivity index (χ2v) is 7.52. The molecule has 0 aliphatic rings. The van der Waals surface area contributed by atoms with Gasteiger partial charge in [-0.25, -0.2) is 13.1 Å². The molecule has 0 saturated carbocycles. The summed E-state index contributed by atoms with van der Waals surface area (Å²) in [5, 5.41) is 0.985. The van der Waals surface area contributed by atoms with Gasteiger partial charge >= 0.3 is 0 Å². The highest BCUT2D eigenvalue weighted by Crippen LogP contribution is 2.25. The van der Waals surface area contributed by atoms with E-state index in [0.717, 1.165) is 27.8 Å². The standard InChI is InChI=1S/C18H20N2O3S/c1-20-12-15(17-10-16(23-2)8-9-18(17)20)11-19-24(21,22)13-14-6-4-3-5-7-14/h3-10,12,19H,11,13H2,1-2H3. The number of aromatic nitrogens is 1. The molecule has 3 aromatic rings. The van der Waals surface area contributed by atoms with E-state index in [1.807, 2.05) is 66.3 Å². The molecule has 0 spiro atoms. The minimum absolute atomic E-state index is 0.0259. The number of rotatable bonds is 6. The van der Waals surface area contributed by atoms with Crippen LogP contribution < -0.4 is 9.46 Å². The van der Waals surface area contributed by atoms with E-state index in [1.54, 1.807) is 7.11 Å². The maximum absolute atomic E-state index is 12.3. The van der Waals surface area contributed by atoms with Crippen LogP contribution in [0.25, 0.3) is 10.9 Å². The summed E-state index contributed by atoms with van der Waals surface area (Å²) in [7, 11) is 0.160. The monoisotopic (exact) mass is 344 g/mol. The van der Waals surface area contributed by atoms with Crippen molar-refractivity contribution in [2.45, 2.75) is 12.3 Å². The van der Waals surface area contributed by atoms with Crippen molar-refractivity contribution in [2.75, 3.05) is 7.11 Å². The van der Waals surface area contributed by atoms with Crippen LogP contribution in [0.4, 0.5) is 0 Å². The van der Waals surface area contributed by atoms with Crippen molar-refractivity contribution in [3.8, 4) is 5.75 Å². The molecule has 0 atom stereocenters. The molecule has 5 nitrogen and oxygen atoms in total. The van der Waals surface area contributed by atoms with E-state index in [2.05, 4.69) is 4.72 Å². The van der Waals surface area contributed by atoms with Gasteiger partial charge in [-0.05, 0) is 29.3 Å². The van der Waals surface area contributed by atoms with Crippen LogP contribution in [0.3, 0.4) is 0 Å². The fraction of sp³-hybridized carbons (Fsp3) is 0.222. The largest absolute Gasteiger partial charge is 0.497 e. The first-order valence-electron chi connectivity index (χ1n) is 7.62. The summed E-state index contributed by atoms with van der Waals surface area (Å²) < 4.78 is 34.5. The number of ether oxygens (including phenoxy) is 1. The fourth-order valence-corrected chi connectivity index (χ4v) is 3.86. The van der Waals surface area contributed by atoms with Gasteiger partial charge in [0.05, 0.1) is 12.9 Å². The van der Waals surface area contributed by atoms with E-state index in [9.17, 15) is 8.42 Å². The molecule has 0 radical (unpaired) electrons. The lowest BCUT2D eigenvalue weighted by Gasteiger charge is -2.07. The van der Waals surface area contributed by atoms with E-state index in [0.29, 0.717) is 0 Å². The summed E-state index contributed by atoms with van der Waals surface area (Å²) >= 11 is 0. The zero-order chi connectivity index (χ0) is 17.2. The molecule has 0 amide bonds. The second kappa shape index (κ2) is 6.67. The minimum Gasteiger partial charge on any atom is -0.497 e. The third-order valence-corrected chi connectivity index (χ3v) is 5.26. The van der Waals surface area contributed by atoms with E-state index >= 15 is 0 Å². The molecular weight excluding hydrogens is 324 g/mol. The summed E-state index contributed by atoms with van der Waals surface area (Å²) in [6.07, 6.45) is 1.94. The molecule has 0 saturated heterocycles. The van der Waals surface area contributed by atoms with Gasteiger partial charge in [-0.3, -0.25) is 0 Å². The van der Waals surface area contributed by atoms with Crippen LogP contribution in [0.5, 0.6) is 5.75 Å². The van der Waals surface area contributed by atoms with Crippen LogP contribution in [0.2, 0.25) is 0 Å². The molecule has 0 unspecified atom stereocenters. The van der Waals surface area contributed by atoms with E-state index in [1.165, 1.54) is 0 Å². The molecule has 1 heterocycles. The molecule has 3 rings (SSSR count). The number of fused-ring (bicyclic) bond motifs is 1. The molecule has 0 aliphatic heterocycles. The Morgan fingerprint density at radius 3 is 2.58 bits per heavy atom. The Morgan fingerprint density at radius 1 is 1.12 bits per heavy atom.